The molecule has 1 atom stereocenters. The first-order valence-electron chi connectivity index (χ1n) is 4.39. The average Bonchev–Trinajstić information content (AvgIpc) is 2.34. The largest absolute Gasteiger partial charge is 0.345 e. The van der Waals surface area contributed by atoms with Crippen LogP contribution in [0.2, 0.25) is 0 Å². The lowest BCUT2D eigenvalue weighted by atomic mass is 10.1. The lowest BCUT2D eigenvalue weighted by Gasteiger charge is -2.01. The summed E-state index contributed by atoms with van der Waals surface area (Å²) < 4.78 is 0. The van der Waals surface area contributed by atoms with E-state index < -0.39 is 0 Å². The highest BCUT2D eigenvalue weighted by molar-refractivity contribution is 5.04. The van der Waals surface area contributed by atoms with E-state index in [0.717, 1.165) is 12.2 Å². The van der Waals surface area contributed by atoms with Crippen molar-refractivity contribution in [2.24, 2.45) is 11.7 Å². The van der Waals surface area contributed by atoms with Crippen molar-refractivity contribution < 1.29 is 0 Å². The Morgan fingerprint density at radius 1 is 1.50 bits per heavy atom. The van der Waals surface area contributed by atoms with Crippen molar-refractivity contribution in [3.05, 3.63) is 17.7 Å². The van der Waals surface area contributed by atoms with E-state index in [1.807, 2.05) is 13.1 Å². The van der Waals surface area contributed by atoms with Gasteiger partial charge in [-0.15, -0.1) is 0 Å². The van der Waals surface area contributed by atoms with Crippen molar-refractivity contribution in [1.82, 2.24) is 9.97 Å². The van der Waals surface area contributed by atoms with Crippen LogP contribution in [0.3, 0.4) is 0 Å². The first-order valence-corrected chi connectivity index (χ1v) is 4.39. The van der Waals surface area contributed by atoms with E-state index in [1.165, 1.54) is 5.69 Å². The third-order valence-electron chi connectivity index (χ3n) is 1.71. The molecule has 0 saturated carbocycles. The molecule has 1 heterocycles. The molecule has 0 aromatic carbocycles. The molecule has 0 aliphatic rings. The highest BCUT2D eigenvalue weighted by atomic mass is 14.9. The molecule has 0 bridgehead atoms. The minimum atomic E-state index is 0.00547. The van der Waals surface area contributed by atoms with Gasteiger partial charge in [-0.05, 0) is 19.3 Å². The van der Waals surface area contributed by atoms with Crippen molar-refractivity contribution in [3.8, 4) is 0 Å². The number of hydrogen-bond donors (Lipinski definition) is 2. The molecule has 0 spiro atoms. The first kappa shape index (κ1) is 9.26. The Morgan fingerprint density at radius 3 is 2.58 bits per heavy atom. The predicted octanol–water partition coefficient (Wildman–Crippen LogP) is 1.63. The molecule has 0 saturated heterocycles. The summed E-state index contributed by atoms with van der Waals surface area (Å²) in [5, 5.41) is 0. The van der Waals surface area contributed by atoms with Crippen molar-refractivity contribution in [2.45, 2.75) is 33.2 Å². The topological polar surface area (TPSA) is 54.7 Å². The normalized spacial score (nSPS) is 13.8. The summed E-state index contributed by atoms with van der Waals surface area (Å²) in [6, 6.07) is 0.00547. The van der Waals surface area contributed by atoms with Crippen LogP contribution in [0.1, 0.15) is 38.3 Å². The van der Waals surface area contributed by atoms with Gasteiger partial charge in [-0.2, -0.15) is 0 Å². The van der Waals surface area contributed by atoms with Crippen LogP contribution in [0, 0.1) is 5.92 Å². The summed E-state index contributed by atoms with van der Waals surface area (Å²) in [6.07, 6.45) is 2.92. The fourth-order valence-corrected chi connectivity index (χ4v) is 1.15. The van der Waals surface area contributed by atoms with E-state index in [4.69, 9.17) is 5.73 Å². The number of rotatable bonds is 3. The number of aromatic nitrogens is 2. The van der Waals surface area contributed by atoms with Crippen LogP contribution in [0.4, 0.5) is 0 Å². The SMILES string of the molecule is CC(C)Cc1cnc(C(C)N)[nH]1. The Morgan fingerprint density at radius 2 is 2.17 bits per heavy atom. The van der Waals surface area contributed by atoms with Crippen molar-refractivity contribution >= 4 is 0 Å². The third-order valence-corrected chi connectivity index (χ3v) is 1.71. The Bertz CT molecular complexity index is 238. The molecule has 3 heteroatoms. The summed E-state index contributed by atoms with van der Waals surface area (Å²) in [7, 11) is 0. The van der Waals surface area contributed by atoms with Crippen LogP contribution in [0.15, 0.2) is 6.20 Å². The molecule has 0 radical (unpaired) electrons. The number of aromatic amines is 1. The monoisotopic (exact) mass is 167 g/mol. The van der Waals surface area contributed by atoms with Gasteiger partial charge in [0.1, 0.15) is 5.82 Å². The van der Waals surface area contributed by atoms with Gasteiger partial charge in [0.05, 0.1) is 6.04 Å². The number of H-pyrrole nitrogens is 1. The molecule has 12 heavy (non-hydrogen) atoms. The number of nitrogens with zero attached hydrogens (tertiary/aromatic N) is 1. The Labute approximate surface area is 73.4 Å². The lowest BCUT2D eigenvalue weighted by Crippen LogP contribution is -2.07. The molecule has 68 valence electrons. The fourth-order valence-electron chi connectivity index (χ4n) is 1.15. The molecule has 3 nitrogen and oxygen atoms in total. The van der Waals surface area contributed by atoms with Gasteiger partial charge in [0.2, 0.25) is 0 Å². The molecule has 1 rings (SSSR count). The van der Waals surface area contributed by atoms with E-state index in [-0.39, 0.29) is 6.04 Å². The standard InChI is InChI=1S/C9H17N3/c1-6(2)4-8-5-11-9(12-8)7(3)10/h5-7H,4,10H2,1-3H3,(H,11,12). The van der Waals surface area contributed by atoms with Gasteiger partial charge in [-0.1, -0.05) is 13.8 Å². The van der Waals surface area contributed by atoms with Gasteiger partial charge in [0.25, 0.3) is 0 Å². The third kappa shape index (κ3) is 2.34. The average molecular weight is 167 g/mol. The second kappa shape index (κ2) is 3.72. The summed E-state index contributed by atoms with van der Waals surface area (Å²) in [6.45, 7) is 6.30. The molecule has 0 aliphatic heterocycles. The van der Waals surface area contributed by atoms with Gasteiger partial charge in [0.15, 0.2) is 0 Å². The fraction of sp³-hybridized carbons (Fsp3) is 0.667. The summed E-state index contributed by atoms with van der Waals surface area (Å²) >= 11 is 0. The second-order valence-corrected chi connectivity index (χ2v) is 3.68. The Kier molecular flexibility index (Phi) is 2.87. The maximum absolute atomic E-state index is 5.66. The molecule has 1 aromatic rings. The first-order chi connectivity index (χ1) is 5.59. The molecule has 3 N–H and O–H groups in total. The predicted molar refractivity (Wildman–Crippen MR) is 49.7 cm³/mol. The van der Waals surface area contributed by atoms with Crippen LogP contribution in [-0.2, 0) is 6.42 Å². The van der Waals surface area contributed by atoms with Crippen molar-refractivity contribution in [1.29, 1.82) is 0 Å². The zero-order chi connectivity index (χ0) is 9.14. The van der Waals surface area contributed by atoms with E-state index in [1.54, 1.807) is 0 Å². The minimum Gasteiger partial charge on any atom is -0.345 e. The Hall–Kier alpha value is -0.830. The molecule has 1 aromatic heterocycles. The van der Waals surface area contributed by atoms with Crippen LogP contribution in [0.25, 0.3) is 0 Å². The van der Waals surface area contributed by atoms with Crippen LogP contribution in [0.5, 0.6) is 0 Å². The minimum absolute atomic E-state index is 0.00547. The molecule has 0 fully saturated rings. The molecular weight excluding hydrogens is 150 g/mol. The van der Waals surface area contributed by atoms with Crippen molar-refractivity contribution in [3.63, 3.8) is 0 Å². The maximum atomic E-state index is 5.66. The van der Waals surface area contributed by atoms with Gasteiger partial charge >= 0.3 is 0 Å². The number of nitrogens with one attached hydrogen (secondary N) is 1. The molecule has 0 aliphatic carbocycles. The summed E-state index contributed by atoms with van der Waals surface area (Å²) in [4.78, 5) is 7.40. The second-order valence-electron chi connectivity index (χ2n) is 3.68. The molecule has 1 unspecified atom stereocenters. The van der Waals surface area contributed by atoms with Crippen LogP contribution >= 0.6 is 0 Å². The number of hydrogen-bond acceptors (Lipinski definition) is 2. The summed E-state index contributed by atoms with van der Waals surface area (Å²) in [5.41, 5.74) is 6.84. The molecule has 0 amide bonds. The van der Waals surface area contributed by atoms with E-state index in [2.05, 4.69) is 23.8 Å². The number of imidazole rings is 1. The lowest BCUT2D eigenvalue weighted by molar-refractivity contribution is 0.634. The van der Waals surface area contributed by atoms with Crippen LogP contribution < -0.4 is 5.73 Å². The quantitative estimate of drug-likeness (QED) is 0.718. The smallest absolute Gasteiger partial charge is 0.122 e. The zero-order valence-corrected chi connectivity index (χ0v) is 7.96. The van der Waals surface area contributed by atoms with Gasteiger partial charge in [-0.25, -0.2) is 4.98 Å². The van der Waals surface area contributed by atoms with E-state index >= 15 is 0 Å². The zero-order valence-electron chi connectivity index (χ0n) is 7.96. The van der Waals surface area contributed by atoms with Gasteiger partial charge in [0, 0.05) is 11.9 Å². The maximum Gasteiger partial charge on any atom is 0.122 e. The van der Waals surface area contributed by atoms with Gasteiger partial charge < -0.3 is 10.7 Å². The van der Waals surface area contributed by atoms with E-state index in [9.17, 15) is 0 Å². The highest BCUT2D eigenvalue weighted by Crippen LogP contribution is 2.08. The number of nitrogens with two attached hydrogens (primary N) is 1. The molecular formula is C9H17N3. The summed E-state index contributed by atoms with van der Waals surface area (Å²) in [5.74, 6) is 1.54. The van der Waals surface area contributed by atoms with E-state index in [0.29, 0.717) is 5.92 Å². The van der Waals surface area contributed by atoms with Crippen molar-refractivity contribution in [2.75, 3.05) is 0 Å². The van der Waals surface area contributed by atoms with Crippen LogP contribution in [-0.4, -0.2) is 9.97 Å². The highest BCUT2D eigenvalue weighted by Gasteiger charge is 2.05. The Balaban J connectivity index is 2.64. The van der Waals surface area contributed by atoms with Gasteiger partial charge in [-0.3, -0.25) is 0 Å².